The molecule has 0 N–H and O–H groups in total. The van der Waals surface area contributed by atoms with E-state index in [2.05, 4.69) is 4.74 Å². The van der Waals surface area contributed by atoms with Crippen molar-refractivity contribution < 1.29 is 19.1 Å². The van der Waals surface area contributed by atoms with Gasteiger partial charge in [-0.3, -0.25) is 4.79 Å². The molecule has 0 amide bonds. The average Bonchev–Trinajstić information content (AvgIpc) is 2.45. The van der Waals surface area contributed by atoms with Gasteiger partial charge in [0, 0.05) is 6.08 Å². The molecule has 0 saturated heterocycles. The van der Waals surface area contributed by atoms with Crippen LogP contribution in [0.15, 0.2) is 11.6 Å². The van der Waals surface area contributed by atoms with Crippen molar-refractivity contribution in [3.05, 3.63) is 11.6 Å². The van der Waals surface area contributed by atoms with E-state index in [1.54, 1.807) is 0 Å². The van der Waals surface area contributed by atoms with E-state index in [0.717, 1.165) is 5.57 Å². The highest BCUT2D eigenvalue weighted by Crippen LogP contribution is 2.34. The molecule has 1 aliphatic heterocycles. The van der Waals surface area contributed by atoms with Crippen molar-refractivity contribution in [3.63, 3.8) is 0 Å². The molecule has 1 unspecified atom stereocenters. The normalized spacial score (nSPS) is 20.9. The summed E-state index contributed by atoms with van der Waals surface area (Å²) < 4.78 is 9.59. The van der Waals surface area contributed by atoms with Crippen LogP contribution >= 0.6 is 0 Å². The predicted octanol–water partition coefficient (Wildman–Crippen LogP) is 1.45. The van der Waals surface area contributed by atoms with Crippen LogP contribution in [0, 0.1) is 5.41 Å². The lowest BCUT2D eigenvalue weighted by atomic mass is 9.83. The van der Waals surface area contributed by atoms with E-state index in [1.165, 1.54) is 13.2 Å². The number of hydrogen-bond donors (Lipinski definition) is 0. The number of ether oxygens (including phenoxy) is 2. The molecule has 4 heteroatoms. The Hall–Kier alpha value is -1.32. The zero-order valence-electron chi connectivity index (χ0n) is 9.49. The van der Waals surface area contributed by atoms with Crippen molar-refractivity contribution in [3.8, 4) is 0 Å². The molecule has 0 aliphatic carbocycles. The molecule has 0 saturated carbocycles. The van der Waals surface area contributed by atoms with Crippen LogP contribution in [0.4, 0.5) is 0 Å². The van der Waals surface area contributed by atoms with Crippen LogP contribution in [-0.2, 0) is 19.1 Å². The predicted molar refractivity (Wildman–Crippen MR) is 54.1 cm³/mol. The van der Waals surface area contributed by atoms with Gasteiger partial charge in [0.15, 0.2) is 0 Å². The van der Waals surface area contributed by atoms with Gasteiger partial charge in [-0.25, -0.2) is 4.79 Å². The summed E-state index contributed by atoms with van der Waals surface area (Å²) in [5, 5.41) is 0. The highest BCUT2D eigenvalue weighted by molar-refractivity contribution is 5.87. The fraction of sp³-hybridized carbons (Fsp3) is 0.636. The number of carbonyl (C=O) groups is 2. The standard InChI is InChI=1S/C11H16O4/c1-11(2,3)7-5-10(13)15-8(7)6-9(12)14-4/h5,8H,6H2,1-4H3. The molecule has 1 rings (SSSR count). The van der Waals surface area contributed by atoms with Gasteiger partial charge in [0.2, 0.25) is 0 Å². The zero-order valence-corrected chi connectivity index (χ0v) is 9.49. The molecule has 1 atom stereocenters. The second kappa shape index (κ2) is 4.04. The van der Waals surface area contributed by atoms with Gasteiger partial charge >= 0.3 is 11.9 Å². The van der Waals surface area contributed by atoms with Crippen molar-refractivity contribution in [1.82, 2.24) is 0 Å². The molecule has 0 fully saturated rings. The third kappa shape index (κ3) is 2.81. The van der Waals surface area contributed by atoms with Crippen molar-refractivity contribution in [2.45, 2.75) is 33.3 Å². The minimum absolute atomic E-state index is 0.0886. The largest absolute Gasteiger partial charge is 0.469 e. The Balaban J connectivity index is 2.79. The molecule has 0 aromatic carbocycles. The number of carbonyl (C=O) groups excluding carboxylic acids is 2. The SMILES string of the molecule is COC(=O)CC1OC(=O)C=C1C(C)(C)C. The van der Waals surface area contributed by atoms with Gasteiger partial charge in [0.1, 0.15) is 6.10 Å². The van der Waals surface area contributed by atoms with Crippen molar-refractivity contribution in [2.75, 3.05) is 7.11 Å². The molecule has 0 radical (unpaired) electrons. The summed E-state index contributed by atoms with van der Waals surface area (Å²) in [7, 11) is 1.32. The van der Waals surface area contributed by atoms with Crippen molar-refractivity contribution in [2.24, 2.45) is 5.41 Å². The van der Waals surface area contributed by atoms with Gasteiger partial charge < -0.3 is 9.47 Å². The first-order valence-corrected chi connectivity index (χ1v) is 4.84. The maximum atomic E-state index is 11.1. The second-order valence-corrected chi connectivity index (χ2v) is 4.56. The number of methoxy groups -OCH3 is 1. The first kappa shape index (κ1) is 11.8. The summed E-state index contributed by atoms with van der Waals surface area (Å²) >= 11 is 0. The minimum atomic E-state index is -0.468. The zero-order chi connectivity index (χ0) is 11.6. The topological polar surface area (TPSA) is 52.6 Å². The Kier molecular flexibility index (Phi) is 3.17. The lowest BCUT2D eigenvalue weighted by molar-refractivity contribution is -0.146. The maximum absolute atomic E-state index is 11.1. The van der Waals surface area contributed by atoms with E-state index in [-0.39, 0.29) is 23.8 Å². The number of esters is 2. The lowest BCUT2D eigenvalue weighted by Crippen LogP contribution is -2.24. The van der Waals surface area contributed by atoms with Crippen LogP contribution < -0.4 is 0 Å². The molecule has 84 valence electrons. The van der Waals surface area contributed by atoms with Crippen LogP contribution in [0.5, 0.6) is 0 Å². The highest BCUT2D eigenvalue weighted by atomic mass is 16.6. The molecular formula is C11H16O4. The quantitative estimate of drug-likeness (QED) is 0.650. The molecule has 1 heterocycles. The lowest BCUT2D eigenvalue weighted by Gasteiger charge is -2.24. The Morgan fingerprint density at radius 1 is 1.53 bits per heavy atom. The molecule has 0 aromatic rings. The summed E-state index contributed by atoms with van der Waals surface area (Å²) in [6.45, 7) is 5.93. The molecule has 0 spiro atoms. The minimum Gasteiger partial charge on any atom is -0.469 e. The van der Waals surface area contributed by atoms with Crippen LogP contribution in [0.1, 0.15) is 27.2 Å². The molecule has 4 nitrogen and oxygen atoms in total. The first-order valence-electron chi connectivity index (χ1n) is 4.84. The van der Waals surface area contributed by atoms with Gasteiger partial charge in [-0.1, -0.05) is 20.8 Å². The Bertz CT molecular complexity index is 309. The molecular weight excluding hydrogens is 196 g/mol. The fourth-order valence-electron chi connectivity index (χ4n) is 1.54. The van der Waals surface area contributed by atoms with E-state index < -0.39 is 6.10 Å². The van der Waals surface area contributed by atoms with E-state index in [4.69, 9.17) is 4.74 Å². The maximum Gasteiger partial charge on any atom is 0.331 e. The van der Waals surface area contributed by atoms with Crippen LogP contribution in [0.25, 0.3) is 0 Å². The van der Waals surface area contributed by atoms with Gasteiger partial charge in [-0.2, -0.15) is 0 Å². The van der Waals surface area contributed by atoms with Gasteiger partial charge in [0.25, 0.3) is 0 Å². The second-order valence-electron chi connectivity index (χ2n) is 4.56. The highest BCUT2D eigenvalue weighted by Gasteiger charge is 2.35. The summed E-state index contributed by atoms with van der Waals surface area (Å²) in [5.74, 6) is -0.751. The Labute approximate surface area is 89.2 Å². The van der Waals surface area contributed by atoms with E-state index >= 15 is 0 Å². The monoisotopic (exact) mass is 212 g/mol. The number of hydrogen-bond acceptors (Lipinski definition) is 4. The summed E-state index contributed by atoms with van der Waals surface area (Å²) in [6.07, 6.45) is 1.09. The van der Waals surface area contributed by atoms with E-state index in [0.29, 0.717) is 0 Å². The smallest absolute Gasteiger partial charge is 0.331 e. The van der Waals surface area contributed by atoms with Crippen LogP contribution in [0.2, 0.25) is 0 Å². The van der Waals surface area contributed by atoms with Crippen molar-refractivity contribution in [1.29, 1.82) is 0 Å². The van der Waals surface area contributed by atoms with Crippen molar-refractivity contribution >= 4 is 11.9 Å². The third-order valence-electron chi connectivity index (χ3n) is 2.32. The number of rotatable bonds is 2. The molecule has 15 heavy (non-hydrogen) atoms. The van der Waals surface area contributed by atoms with E-state index in [1.807, 2.05) is 20.8 Å². The van der Waals surface area contributed by atoms with Crippen LogP contribution in [-0.4, -0.2) is 25.2 Å². The summed E-state index contributed by atoms with van der Waals surface area (Å²) in [6, 6.07) is 0. The molecule has 0 bridgehead atoms. The third-order valence-corrected chi connectivity index (χ3v) is 2.32. The van der Waals surface area contributed by atoms with Gasteiger partial charge in [0.05, 0.1) is 13.5 Å². The summed E-state index contributed by atoms with van der Waals surface area (Å²) in [5.41, 5.74) is 0.670. The number of cyclic esters (lactones) is 1. The fourth-order valence-corrected chi connectivity index (χ4v) is 1.54. The Morgan fingerprint density at radius 3 is 2.60 bits per heavy atom. The summed E-state index contributed by atoms with van der Waals surface area (Å²) in [4.78, 5) is 22.2. The molecule has 1 aliphatic rings. The van der Waals surface area contributed by atoms with Gasteiger partial charge in [-0.05, 0) is 11.0 Å². The first-order chi connectivity index (χ1) is 6.84. The average molecular weight is 212 g/mol. The molecule has 0 aromatic heterocycles. The van der Waals surface area contributed by atoms with Crippen LogP contribution in [0.3, 0.4) is 0 Å². The Morgan fingerprint density at radius 2 is 2.13 bits per heavy atom. The van der Waals surface area contributed by atoms with Gasteiger partial charge in [-0.15, -0.1) is 0 Å². The van der Waals surface area contributed by atoms with E-state index in [9.17, 15) is 9.59 Å².